The maximum absolute atomic E-state index is 11.1. The monoisotopic (exact) mass is 324 g/mol. The van der Waals surface area contributed by atoms with Gasteiger partial charge in [-0.3, -0.25) is 4.79 Å². The molecule has 0 aliphatic rings. The Morgan fingerprint density at radius 2 is 1.71 bits per heavy atom. The number of aryl methyl sites for hydroxylation is 1. The quantitative estimate of drug-likeness (QED) is 0.418. The fraction of sp³-hybridized carbons (Fsp3) is 0.562. The highest BCUT2D eigenvalue weighted by Gasteiger charge is 2.29. The van der Waals surface area contributed by atoms with Crippen molar-refractivity contribution in [3.63, 3.8) is 0 Å². The summed E-state index contributed by atoms with van der Waals surface area (Å²) in [5, 5.41) is 0. The van der Waals surface area contributed by atoms with E-state index in [1.54, 1.807) is 0 Å². The fourth-order valence-corrected chi connectivity index (χ4v) is 10.6. The first-order chi connectivity index (χ1) is 9.59. The first-order valence-corrected chi connectivity index (χ1v) is 14.1. The molecule has 0 aliphatic carbocycles. The Kier molecular flexibility index (Phi) is 6.37. The van der Waals surface area contributed by atoms with Crippen LogP contribution in [-0.4, -0.2) is 22.6 Å². The summed E-state index contributed by atoms with van der Waals surface area (Å²) < 4.78 is 11.6. The number of hydrogen-bond acceptors (Lipinski definition) is 3. The van der Waals surface area contributed by atoms with Gasteiger partial charge in [0, 0.05) is 6.92 Å². The van der Waals surface area contributed by atoms with Crippen molar-refractivity contribution < 1.29 is 13.6 Å². The van der Waals surface area contributed by atoms with Crippen LogP contribution in [0, 0.1) is 0 Å². The molecule has 0 heterocycles. The number of rotatable bonds is 7. The molecule has 0 aromatic heterocycles. The molecule has 118 valence electrons. The van der Waals surface area contributed by atoms with E-state index < -0.39 is 16.6 Å². The van der Waals surface area contributed by atoms with Gasteiger partial charge in [0.15, 0.2) is 16.6 Å². The first-order valence-electron chi connectivity index (χ1n) is 7.56. The third-order valence-electron chi connectivity index (χ3n) is 3.03. The lowest BCUT2D eigenvalue weighted by atomic mass is 10.1. The zero-order chi connectivity index (χ0) is 16.1. The number of carbonyl (C=O) groups is 1. The molecule has 0 spiro atoms. The molecule has 1 aromatic carbocycles. The number of ether oxygens (including phenoxy) is 1. The summed E-state index contributed by atoms with van der Waals surface area (Å²) in [5.41, 5.74) is 1.10. The summed E-state index contributed by atoms with van der Waals surface area (Å²) in [6.07, 6.45) is 2.00. The molecule has 0 unspecified atom stereocenters. The Labute approximate surface area is 130 Å². The molecule has 0 fully saturated rings. The van der Waals surface area contributed by atoms with E-state index >= 15 is 0 Å². The van der Waals surface area contributed by atoms with Crippen molar-refractivity contribution in [2.24, 2.45) is 0 Å². The van der Waals surface area contributed by atoms with Gasteiger partial charge in [-0.05, 0) is 63.3 Å². The van der Waals surface area contributed by atoms with E-state index in [1.165, 1.54) is 6.92 Å². The van der Waals surface area contributed by atoms with Crippen molar-refractivity contribution in [3.8, 4) is 5.75 Å². The van der Waals surface area contributed by atoms with Crippen LogP contribution in [0.3, 0.4) is 0 Å². The molecule has 0 bridgehead atoms. The van der Waals surface area contributed by atoms with Crippen LogP contribution < -0.4 is 4.74 Å². The van der Waals surface area contributed by atoms with Gasteiger partial charge in [0.25, 0.3) is 0 Å². The maximum atomic E-state index is 11.1. The average Bonchev–Trinajstić information content (AvgIpc) is 2.27. The summed E-state index contributed by atoms with van der Waals surface area (Å²) in [6, 6.07) is 8.91. The molecule has 3 nitrogen and oxygen atoms in total. The molecule has 0 N–H and O–H groups in total. The topological polar surface area (TPSA) is 35.5 Å². The van der Waals surface area contributed by atoms with Crippen molar-refractivity contribution in [2.75, 3.05) is 0 Å². The molecule has 0 radical (unpaired) electrons. The second kappa shape index (κ2) is 7.38. The van der Waals surface area contributed by atoms with Crippen LogP contribution in [0.5, 0.6) is 5.75 Å². The molecule has 1 aromatic rings. The number of hydrogen-bond donors (Lipinski definition) is 0. The molecule has 0 aliphatic heterocycles. The van der Waals surface area contributed by atoms with Crippen molar-refractivity contribution in [1.82, 2.24) is 0 Å². The van der Waals surface area contributed by atoms with Gasteiger partial charge in [-0.1, -0.05) is 18.2 Å². The zero-order valence-corrected chi connectivity index (χ0v) is 16.2. The minimum Gasteiger partial charge on any atom is -0.456 e. The lowest BCUT2D eigenvalue weighted by molar-refractivity contribution is -0.131. The smallest absolute Gasteiger partial charge is 0.308 e. The summed E-state index contributed by atoms with van der Waals surface area (Å²) in [4.78, 5) is 11.1. The van der Waals surface area contributed by atoms with Crippen LogP contribution in [-0.2, 0) is 15.3 Å². The van der Waals surface area contributed by atoms with Crippen molar-refractivity contribution in [2.45, 2.75) is 58.5 Å². The van der Waals surface area contributed by atoms with Gasteiger partial charge in [-0.2, -0.15) is 0 Å². The van der Waals surface area contributed by atoms with Gasteiger partial charge in [0.1, 0.15) is 5.75 Å². The minimum atomic E-state index is -1.59. The van der Waals surface area contributed by atoms with Crippen molar-refractivity contribution >= 4 is 22.6 Å². The molecular weight excluding hydrogens is 296 g/mol. The predicted octanol–water partition coefficient (Wildman–Crippen LogP) is 4.60. The fourth-order valence-electron chi connectivity index (χ4n) is 2.55. The molecule has 0 saturated carbocycles. The van der Waals surface area contributed by atoms with Crippen molar-refractivity contribution in [1.29, 1.82) is 0 Å². The van der Waals surface area contributed by atoms with Gasteiger partial charge in [0.05, 0.1) is 0 Å². The maximum Gasteiger partial charge on any atom is 0.308 e. The second-order valence-electron chi connectivity index (χ2n) is 7.03. The Morgan fingerprint density at radius 1 is 1.10 bits per heavy atom. The number of benzene rings is 1. The molecule has 21 heavy (non-hydrogen) atoms. The third-order valence-corrected chi connectivity index (χ3v) is 9.25. The van der Waals surface area contributed by atoms with Crippen LogP contribution in [0.15, 0.2) is 24.3 Å². The Hall–Kier alpha value is -0.916. The van der Waals surface area contributed by atoms with Crippen LogP contribution in [0.2, 0.25) is 38.8 Å². The van der Waals surface area contributed by atoms with Gasteiger partial charge in [-0.15, -0.1) is 0 Å². The lowest BCUT2D eigenvalue weighted by Gasteiger charge is -2.31. The molecular formula is C16H28O3Si2. The molecule has 1 rings (SSSR count). The van der Waals surface area contributed by atoms with Crippen LogP contribution in [0.1, 0.15) is 18.9 Å². The number of para-hydroxylation sites is 1. The molecule has 0 atom stereocenters. The van der Waals surface area contributed by atoms with E-state index in [9.17, 15) is 4.79 Å². The molecule has 5 heteroatoms. The Balaban J connectivity index is 2.58. The van der Waals surface area contributed by atoms with Gasteiger partial charge in [-0.25, -0.2) is 0 Å². The van der Waals surface area contributed by atoms with E-state index in [4.69, 9.17) is 8.85 Å². The zero-order valence-electron chi connectivity index (χ0n) is 14.2. The Morgan fingerprint density at radius 3 is 2.29 bits per heavy atom. The minimum absolute atomic E-state index is 0.265. The average molecular weight is 325 g/mol. The summed E-state index contributed by atoms with van der Waals surface area (Å²) >= 11 is 0. The van der Waals surface area contributed by atoms with Crippen LogP contribution in [0.25, 0.3) is 0 Å². The van der Waals surface area contributed by atoms with Crippen molar-refractivity contribution in [3.05, 3.63) is 29.8 Å². The van der Waals surface area contributed by atoms with Crippen LogP contribution in [0.4, 0.5) is 0 Å². The normalized spacial score (nSPS) is 12.3. The molecule has 0 amide bonds. The largest absolute Gasteiger partial charge is 0.456 e. The third kappa shape index (κ3) is 7.59. The molecule has 0 saturated heterocycles. The summed E-state index contributed by atoms with van der Waals surface area (Å²) in [6.45, 7) is 12.8. The second-order valence-corrected chi connectivity index (χ2v) is 16.1. The standard InChI is InChI=1S/C16H28O3Si2/c1-14(17)18-16-12-8-7-10-15(16)11-9-13-21(5,6)19-20(2,3)4/h7-8,10,12H,9,11,13H2,1-6H3. The summed E-state index contributed by atoms with van der Waals surface area (Å²) in [5.74, 6) is 0.426. The van der Waals surface area contributed by atoms with E-state index in [0.717, 1.165) is 24.4 Å². The van der Waals surface area contributed by atoms with E-state index in [0.29, 0.717) is 5.75 Å². The highest BCUT2D eigenvalue weighted by atomic mass is 28.4. The van der Waals surface area contributed by atoms with Gasteiger partial charge in [0.2, 0.25) is 0 Å². The first kappa shape index (κ1) is 18.1. The van der Waals surface area contributed by atoms with E-state index in [1.807, 2.05) is 24.3 Å². The SMILES string of the molecule is CC(=O)Oc1ccccc1CCC[Si](C)(C)O[Si](C)(C)C. The van der Waals surface area contributed by atoms with Gasteiger partial charge >= 0.3 is 5.97 Å². The number of carbonyl (C=O) groups excluding carboxylic acids is 1. The highest BCUT2D eigenvalue weighted by Crippen LogP contribution is 2.24. The van der Waals surface area contributed by atoms with E-state index in [-0.39, 0.29) is 5.97 Å². The highest BCUT2D eigenvalue weighted by molar-refractivity contribution is 6.84. The number of esters is 1. The lowest BCUT2D eigenvalue weighted by Crippen LogP contribution is -2.42. The predicted molar refractivity (Wildman–Crippen MR) is 92.8 cm³/mol. The van der Waals surface area contributed by atoms with Crippen LogP contribution >= 0.6 is 0 Å². The Bertz CT molecular complexity index is 479. The van der Waals surface area contributed by atoms with E-state index in [2.05, 4.69) is 32.7 Å². The van der Waals surface area contributed by atoms with Gasteiger partial charge < -0.3 is 8.85 Å². The summed E-state index contributed by atoms with van der Waals surface area (Å²) in [7, 11) is -3.05.